The van der Waals surface area contributed by atoms with Crippen molar-refractivity contribution in [2.24, 2.45) is 0 Å². The zero-order valence-electron chi connectivity index (χ0n) is 13.8. The predicted molar refractivity (Wildman–Crippen MR) is 97.3 cm³/mol. The van der Waals surface area contributed by atoms with Crippen LogP contribution in [0.25, 0.3) is 11.4 Å². The van der Waals surface area contributed by atoms with Gasteiger partial charge in [0.15, 0.2) is 5.11 Å². The molecule has 1 fully saturated rings. The highest BCUT2D eigenvalue weighted by atomic mass is 32.1. The zero-order chi connectivity index (χ0) is 17.5. The van der Waals surface area contributed by atoms with Gasteiger partial charge in [-0.2, -0.15) is 4.98 Å². The molecule has 1 amide bonds. The van der Waals surface area contributed by atoms with E-state index in [1.807, 2.05) is 30.3 Å². The van der Waals surface area contributed by atoms with Crippen molar-refractivity contribution in [1.82, 2.24) is 26.3 Å². The minimum absolute atomic E-state index is 0.185. The van der Waals surface area contributed by atoms with E-state index in [0.29, 0.717) is 29.3 Å². The topological polar surface area (TPSA) is 92.1 Å². The van der Waals surface area contributed by atoms with Crippen LogP contribution >= 0.6 is 12.2 Å². The number of hydrazine groups is 1. The molecule has 3 N–H and O–H groups in total. The number of carbonyl (C=O) groups excluding carboxylic acids is 1. The van der Waals surface area contributed by atoms with Crippen LogP contribution < -0.4 is 16.2 Å². The molecule has 1 aliphatic rings. The van der Waals surface area contributed by atoms with Crippen molar-refractivity contribution in [3.05, 3.63) is 36.2 Å². The standard InChI is InChI=1S/C17H21N5O2S/c23-14(20-21-17(25)18-13-8-4-5-9-13)10-11-15-19-16(22-24-15)12-6-2-1-3-7-12/h1-3,6-7,13H,4-5,8-11H2,(H,20,23)(H2,18,21,25). The molecule has 132 valence electrons. The smallest absolute Gasteiger partial charge is 0.238 e. The van der Waals surface area contributed by atoms with E-state index in [2.05, 4.69) is 26.3 Å². The van der Waals surface area contributed by atoms with E-state index in [4.69, 9.17) is 16.7 Å². The fourth-order valence-electron chi connectivity index (χ4n) is 2.76. The molecule has 1 aromatic carbocycles. The first-order valence-electron chi connectivity index (χ1n) is 8.44. The third-order valence-corrected chi connectivity index (χ3v) is 4.29. The molecule has 0 saturated heterocycles. The van der Waals surface area contributed by atoms with Crippen LogP contribution in [0.15, 0.2) is 34.9 Å². The summed E-state index contributed by atoms with van der Waals surface area (Å²) in [4.78, 5) is 16.2. The first-order valence-corrected chi connectivity index (χ1v) is 8.85. The molecule has 1 saturated carbocycles. The van der Waals surface area contributed by atoms with E-state index in [0.717, 1.165) is 18.4 Å². The second-order valence-electron chi connectivity index (χ2n) is 6.01. The summed E-state index contributed by atoms with van der Waals surface area (Å²) in [5.41, 5.74) is 6.19. The average molecular weight is 359 g/mol. The first kappa shape index (κ1) is 17.3. The van der Waals surface area contributed by atoms with Crippen LogP contribution in [0.3, 0.4) is 0 Å². The Morgan fingerprint density at radius 1 is 1.20 bits per heavy atom. The SMILES string of the molecule is O=C(CCc1nc(-c2ccccc2)no1)NNC(=S)NC1CCCC1. The lowest BCUT2D eigenvalue weighted by atomic mass is 10.2. The highest BCUT2D eigenvalue weighted by Crippen LogP contribution is 2.17. The summed E-state index contributed by atoms with van der Waals surface area (Å²) >= 11 is 5.17. The fourth-order valence-corrected chi connectivity index (χ4v) is 2.98. The van der Waals surface area contributed by atoms with Gasteiger partial charge >= 0.3 is 0 Å². The fraction of sp³-hybridized carbons (Fsp3) is 0.412. The van der Waals surface area contributed by atoms with E-state index in [9.17, 15) is 4.79 Å². The van der Waals surface area contributed by atoms with Gasteiger partial charge in [-0.15, -0.1) is 0 Å². The second-order valence-corrected chi connectivity index (χ2v) is 6.41. The number of nitrogens with zero attached hydrogens (tertiary/aromatic N) is 2. The van der Waals surface area contributed by atoms with Crippen molar-refractivity contribution in [2.75, 3.05) is 0 Å². The summed E-state index contributed by atoms with van der Waals surface area (Å²) in [7, 11) is 0. The normalized spacial score (nSPS) is 14.2. The molecule has 0 spiro atoms. The molecule has 0 radical (unpaired) electrons. The minimum atomic E-state index is -0.185. The number of thiocarbonyl (C=S) groups is 1. The van der Waals surface area contributed by atoms with Gasteiger partial charge in [0.05, 0.1) is 0 Å². The second kappa shape index (κ2) is 8.57. The summed E-state index contributed by atoms with van der Waals surface area (Å²) in [6, 6.07) is 9.97. The van der Waals surface area contributed by atoms with Gasteiger partial charge in [-0.3, -0.25) is 15.6 Å². The molecule has 1 aromatic heterocycles. The maximum atomic E-state index is 11.9. The maximum Gasteiger partial charge on any atom is 0.238 e. The van der Waals surface area contributed by atoms with Crippen molar-refractivity contribution in [1.29, 1.82) is 0 Å². The summed E-state index contributed by atoms with van der Waals surface area (Å²) in [6.45, 7) is 0. The quantitative estimate of drug-likeness (QED) is 0.556. The minimum Gasteiger partial charge on any atom is -0.359 e. The van der Waals surface area contributed by atoms with Gasteiger partial charge in [0, 0.05) is 24.4 Å². The Hall–Kier alpha value is -2.48. The third-order valence-electron chi connectivity index (χ3n) is 4.07. The molecule has 0 aliphatic heterocycles. The number of hydrogen-bond acceptors (Lipinski definition) is 5. The van der Waals surface area contributed by atoms with Crippen LogP contribution in [0.2, 0.25) is 0 Å². The average Bonchev–Trinajstić information content (AvgIpc) is 3.31. The van der Waals surface area contributed by atoms with Crippen molar-refractivity contribution >= 4 is 23.2 Å². The molecule has 3 rings (SSSR count). The zero-order valence-corrected chi connectivity index (χ0v) is 14.6. The Balaban J connectivity index is 1.39. The van der Waals surface area contributed by atoms with Crippen LogP contribution in [-0.2, 0) is 11.2 Å². The summed E-state index contributed by atoms with van der Waals surface area (Å²) in [5, 5.41) is 7.57. The maximum absolute atomic E-state index is 11.9. The molecule has 1 heterocycles. The lowest BCUT2D eigenvalue weighted by Crippen LogP contribution is -2.49. The molecule has 8 heteroatoms. The Bertz CT molecular complexity index is 713. The van der Waals surface area contributed by atoms with Crippen molar-refractivity contribution in [3.8, 4) is 11.4 Å². The number of carbonyl (C=O) groups is 1. The molecule has 1 aliphatic carbocycles. The predicted octanol–water partition coefficient (Wildman–Crippen LogP) is 2.11. The van der Waals surface area contributed by atoms with Crippen LogP contribution in [0.5, 0.6) is 0 Å². The summed E-state index contributed by atoms with van der Waals surface area (Å²) in [5.74, 6) is 0.770. The van der Waals surface area contributed by atoms with Gasteiger partial charge in [-0.1, -0.05) is 48.3 Å². The number of hydrogen-bond donors (Lipinski definition) is 3. The van der Waals surface area contributed by atoms with Gasteiger partial charge in [0.2, 0.25) is 17.6 Å². The highest BCUT2D eigenvalue weighted by molar-refractivity contribution is 7.80. The van der Waals surface area contributed by atoms with Crippen molar-refractivity contribution < 1.29 is 9.32 Å². The number of benzene rings is 1. The van der Waals surface area contributed by atoms with Gasteiger partial charge in [0.25, 0.3) is 0 Å². The lowest BCUT2D eigenvalue weighted by molar-refractivity contribution is -0.121. The molecule has 7 nitrogen and oxygen atoms in total. The Kier molecular flexibility index (Phi) is 5.95. The summed E-state index contributed by atoms with van der Waals surface area (Å²) < 4.78 is 5.18. The number of aryl methyl sites for hydroxylation is 1. The van der Waals surface area contributed by atoms with Gasteiger partial charge in [0.1, 0.15) is 0 Å². The molecular formula is C17H21N5O2S. The Morgan fingerprint density at radius 2 is 1.96 bits per heavy atom. The number of nitrogens with one attached hydrogen (secondary N) is 3. The molecule has 2 aromatic rings. The third kappa shape index (κ3) is 5.25. The first-order chi connectivity index (χ1) is 12.2. The van der Waals surface area contributed by atoms with Gasteiger partial charge in [-0.25, -0.2) is 0 Å². The van der Waals surface area contributed by atoms with Crippen molar-refractivity contribution in [3.63, 3.8) is 0 Å². The van der Waals surface area contributed by atoms with E-state index < -0.39 is 0 Å². The highest BCUT2D eigenvalue weighted by Gasteiger charge is 2.15. The largest absolute Gasteiger partial charge is 0.359 e. The van der Waals surface area contributed by atoms with Gasteiger partial charge < -0.3 is 9.84 Å². The van der Waals surface area contributed by atoms with E-state index in [1.165, 1.54) is 12.8 Å². The van der Waals surface area contributed by atoms with E-state index in [-0.39, 0.29) is 12.3 Å². The molecule has 25 heavy (non-hydrogen) atoms. The number of amides is 1. The lowest BCUT2D eigenvalue weighted by Gasteiger charge is -2.15. The molecule has 0 bridgehead atoms. The molecule has 0 atom stereocenters. The van der Waals surface area contributed by atoms with Crippen LogP contribution in [0.4, 0.5) is 0 Å². The van der Waals surface area contributed by atoms with Crippen molar-refractivity contribution in [2.45, 2.75) is 44.6 Å². The monoisotopic (exact) mass is 359 g/mol. The van der Waals surface area contributed by atoms with Crippen LogP contribution in [0, 0.1) is 0 Å². The molecular weight excluding hydrogens is 338 g/mol. The van der Waals surface area contributed by atoms with Gasteiger partial charge in [-0.05, 0) is 25.1 Å². The Labute approximate surface area is 151 Å². The summed E-state index contributed by atoms with van der Waals surface area (Å²) in [6.07, 6.45) is 5.29. The van der Waals surface area contributed by atoms with Crippen LogP contribution in [-0.4, -0.2) is 27.2 Å². The Morgan fingerprint density at radius 3 is 2.72 bits per heavy atom. The number of aromatic nitrogens is 2. The van der Waals surface area contributed by atoms with E-state index >= 15 is 0 Å². The molecule has 0 unspecified atom stereocenters. The number of rotatable bonds is 5. The van der Waals surface area contributed by atoms with Crippen LogP contribution in [0.1, 0.15) is 38.0 Å². The van der Waals surface area contributed by atoms with E-state index in [1.54, 1.807) is 0 Å².